The Morgan fingerprint density at radius 3 is 2.36 bits per heavy atom. The van der Waals surface area contributed by atoms with Gasteiger partial charge in [-0.1, -0.05) is 48.5 Å². The number of anilines is 2. The monoisotopic (exact) mass is 377 g/mol. The van der Waals surface area contributed by atoms with Gasteiger partial charge in [0.1, 0.15) is 5.82 Å². The number of para-hydroxylation sites is 1. The molecule has 3 rings (SSSR count). The number of hydrogen-bond acceptors (Lipinski definition) is 6. The molecule has 0 saturated heterocycles. The molecule has 144 valence electrons. The van der Waals surface area contributed by atoms with Crippen molar-refractivity contribution >= 4 is 17.5 Å². The lowest BCUT2D eigenvalue weighted by molar-refractivity contribution is -0.385. The zero-order valence-corrected chi connectivity index (χ0v) is 16.1. The standard InChI is InChI=1S/C21H23N5O2/c1-21(2,3)25-20-23-17(15-9-5-4-6-10-15)13-19(24-20)22-14-16-11-7-8-12-18(16)26(27)28/h4-13H,14H2,1-3H3,(H2,22,23,24,25). The average Bonchev–Trinajstić information content (AvgIpc) is 2.65. The number of nitro groups is 1. The van der Waals surface area contributed by atoms with Crippen molar-refractivity contribution in [2.75, 3.05) is 10.6 Å². The van der Waals surface area contributed by atoms with Gasteiger partial charge in [0.25, 0.3) is 5.69 Å². The molecule has 2 aromatic carbocycles. The van der Waals surface area contributed by atoms with Gasteiger partial charge in [-0.25, -0.2) is 4.98 Å². The van der Waals surface area contributed by atoms with E-state index < -0.39 is 0 Å². The van der Waals surface area contributed by atoms with Crippen LogP contribution in [0.2, 0.25) is 0 Å². The third-order valence-corrected chi connectivity index (χ3v) is 3.93. The van der Waals surface area contributed by atoms with Crippen molar-refractivity contribution < 1.29 is 4.92 Å². The van der Waals surface area contributed by atoms with Crippen molar-refractivity contribution in [3.63, 3.8) is 0 Å². The summed E-state index contributed by atoms with van der Waals surface area (Å²) in [5.41, 5.74) is 2.21. The van der Waals surface area contributed by atoms with E-state index in [1.54, 1.807) is 18.2 Å². The normalized spacial score (nSPS) is 11.1. The zero-order chi connectivity index (χ0) is 20.1. The number of rotatable bonds is 6. The maximum absolute atomic E-state index is 11.2. The molecule has 0 aliphatic carbocycles. The predicted molar refractivity (Wildman–Crippen MR) is 111 cm³/mol. The van der Waals surface area contributed by atoms with Crippen LogP contribution in [0.1, 0.15) is 26.3 Å². The minimum atomic E-state index is -0.376. The molecule has 1 aromatic heterocycles. The maximum atomic E-state index is 11.2. The number of aromatic nitrogens is 2. The summed E-state index contributed by atoms with van der Waals surface area (Å²) in [6.45, 7) is 6.39. The van der Waals surface area contributed by atoms with E-state index in [4.69, 9.17) is 0 Å². The molecular formula is C21H23N5O2. The number of hydrogen-bond donors (Lipinski definition) is 2. The van der Waals surface area contributed by atoms with Crippen molar-refractivity contribution in [2.24, 2.45) is 0 Å². The minimum Gasteiger partial charge on any atom is -0.366 e. The molecule has 0 atom stereocenters. The molecule has 0 unspecified atom stereocenters. The molecule has 28 heavy (non-hydrogen) atoms. The highest BCUT2D eigenvalue weighted by atomic mass is 16.6. The van der Waals surface area contributed by atoms with Gasteiger partial charge >= 0.3 is 0 Å². The van der Waals surface area contributed by atoms with Gasteiger partial charge in [-0.15, -0.1) is 0 Å². The van der Waals surface area contributed by atoms with Crippen LogP contribution in [0, 0.1) is 10.1 Å². The van der Waals surface area contributed by atoms with Crippen molar-refractivity contribution in [1.82, 2.24) is 9.97 Å². The molecule has 7 heteroatoms. The van der Waals surface area contributed by atoms with Crippen LogP contribution in [0.15, 0.2) is 60.7 Å². The lowest BCUT2D eigenvalue weighted by atomic mass is 10.1. The van der Waals surface area contributed by atoms with Gasteiger partial charge in [0.15, 0.2) is 0 Å². The van der Waals surface area contributed by atoms with E-state index in [1.807, 2.05) is 57.2 Å². The fourth-order valence-corrected chi connectivity index (χ4v) is 2.71. The van der Waals surface area contributed by atoms with Gasteiger partial charge < -0.3 is 10.6 Å². The summed E-state index contributed by atoms with van der Waals surface area (Å²) in [5.74, 6) is 1.10. The van der Waals surface area contributed by atoms with Crippen LogP contribution in [0.5, 0.6) is 0 Å². The summed E-state index contributed by atoms with van der Waals surface area (Å²) >= 11 is 0. The first kappa shape index (κ1) is 19.3. The van der Waals surface area contributed by atoms with Crippen molar-refractivity contribution in [3.8, 4) is 11.3 Å². The first-order valence-corrected chi connectivity index (χ1v) is 9.01. The smallest absolute Gasteiger partial charge is 0.274 e. The van der Waals surface area contributed by atoms with Crippen LogP contribution in [0.3, 0.4) is 0 Å². The van der Waals surface area contributed by atoms with Crippen LogP contribution in [-0.4, -0.2) is 20.4 Å². The molecule has 0 saturated carbocycles. The van der Waals surface area contributed by atoms with Crippen molar-refractivity contribution in [3.05, 3.63) is 76.3 Å². The average molecular weight is 377 g/mol. The van der Waals surface area contributed by atoms with E-state index >= 15 is 0 Å². The summed E-state index contributed by atoms with van der Waals surface area (Å²) < 4.78 is 0. The van der Waals surface area contributed by atoms with Gasteiger partial charge in [-0.05, 0) is 20.8 Å². The Morgan fingerprint density at radius 1 is 1.00 bits per heavy atom. The van der Waals surface area contributed by atoms with Crippen LogP contribution in [0.4, 0.5) is 17.5 Å². The summed E-state index contributed by atoms with van der Waals surface area (Å²) in [6, 6.07) is 18.3. The molecule has 0 aliphatic rings. The number of nitrogens with zero attached hydrogens (tertiary/aromatic N) is 3. The topological polar surface area (TPSA) is 93.0 Å². The first-order chi connectivity index (χ1) is 13.3. The Kier molecular flexibility index (Phi) is 5.54. The van der Waals surface area contributed by atoms with Crippen molar-refractivity contribution in [1.29, 1.82) is 0 Å². The third kappa shape index (κ3) is 5.03. The largest absolute Gasteiger partial charge is 0.366 e. The summed E-state index contributed by atoms with van der Waals surface area (Å²) in [7, 11) is 0. The lowest BCUT2D eigenvalue weighted by Crippen LogP contribution is -2.27. The van der Waals surface area contributed by atoms with Gasteiger partial charge in [0.2, 0.25) is 5.95 Å². The molecule has 0 aliphatic heterocycles. The lowest BCUT2D eigenvalue weighted by Gasteiger charge is -2.21. The second-order valence-electron chi connectivity index (χ2n) is 7.44. The molecule has 0 spiro atoms. The first-order valence-electron chi connectivity index (χ1n) is 9.01. The van der Waals surface area contributed by atoms with Crippen LogP contribution in [0.25, 0.3) is 11.3 Å². The molecule has 3 aromatic rings. The SMILES string of the molecule is CC(C)(C)Nc1nc(NCc2ccccc2[N+](=O)[O-])cc(-c2ccccc2)n1. The van der Waals surface area contributed by atoms with Gasteiger partial charge in [-0.3, -0.25) is 10.1 Å². The quantitative estimate of drug-likeness (QED) is 0.470. The Hall–Kier alpha value is -3.48. The van der Waals surface area contributed by atoms with Gasteiger partial charge in [0, 0.05) is 35.3 Å². The maximum Gasteiger partial charge on any atom is 0.274 e. The molecule has 1 heterocycles. The second kappa shape index (κ2) is 8.04. The Morgan fingerprint density at radius 2 is 1.68 bits per heavy atom. The van der Waals surface area contributed by atoms with E-state index in [2.05, 4.69) is 20.6 Å². The second-order valence-corrected chi connectivity index (χ2v) is 7.44. The van der Waals surface area contributed by atoms with Crippen molar-refractivity contribution in [2.45, 2.75) is 32.9 Å². The van der Waals surface area contributed by atoms with Gasteiger partial charge in [-0.2, -0.15) is 4.98 Å². The highest BCUT2D eigenvalue weighted by molar-refractivity contribution is 5.64. The molecule has 0 fully saturated rings. The fraction of sp³-hybridized carbons (Fsp3) is 0.238. The number of nitro benzene ring substituents is 1. The fourth-order valence-electron chi connectivity index (χ4n) is 2.71. The van der Waals surface area contributed by atoms with E-state index in [0.29, 0.717) is 17.3 Å². The number of benzene rings is 2. The Balaban J connectivity index is 1.92. The molecule has 0 radical (unpaired) electrons. The summed E-state index contributed by atoms with van der Waals surface area (Å²) in [5, 5.41) is 17.7. The number of nitrogens with one attached hydrogen (secondary N) is 2. The Bertz CT molecular complexity index is 968. The van der Waals surface area contributed by atoms with E-state index in [-0.39, 0.29) is 22.7 Å². The molecular weight excluding hydrogens is 354 g/mol. The zero-order valence-electron chi connectivity index (χ0n) is 16.1. The predicted octanol–water partition coefficient (Wildman–Crippen LogP) is 4.87. The van der Waals surface area contributed by atoms with Gasteiger partial charge in [0.05, 0.1) is 10.6 Å². The molecule has 2 N–H and O–H groups in total. The molecule has 0 amide bonds. The summed E-state index contributed by atoms with van der Waals surface area (Å²) in [6.07, 6.45) is 0. The minimum absolute atomic E-state index is 0.0837. The highest BCUT2D eigenvalue weighted by Crippen LogP contribution is 2.24. The van der Waals surface area contributed by atoms with E-state index in [1.165, 1.54) is 6.07 Å². The third-order valence-electron chi connectivity index (χ3n) is 3.93. The van der Waals surface area contributed by atoms with Crippen LogP contribution in [-0.2, 0) is 6.54 Å². The summed E-state index contributed by atoms with van der Waals surface area (Å²) in [4.78, 5) is 20.0. The van der Waals surface area contributed by atoms with E-state index in [9.17, 15) is 10.1 Å². The highest BCUT2D eigenvalue weighted by Gasteiger charge is 2.15. The van der Waals surface area contributed by atoms with E-state index in [0.717, 1.165) is 11.3 Å². The van der Waals surface area contributed by atoms with Crippen LogP contribution >= 0.6 is 0 Å². The Labute approximate surface area is 164 Å². The van der Waals surface area contributed by atoms with Crippen LogP contribution < -0.4 is 10.6 Å². The molecule has 7 nitrogen and oxygen atoms in total. The molecule has 0 bridgehead atoms.